The Kier molecular flexibility index (Phi) is 6.21. The Morgan fingerprint density at radius 2 is 1.79 bits per heavy atom. The Bertz CT molecular complexity index is 1030. The van der Waals surface area contributed by atoms with Crippen molar-refractivity contribution in [3.8, 4) is 11.3 Å². The van der Waals surface area contributed by atoms with E-state index in [4.69, 9.17) is 0 Å². The lowest BCUT2D eigenvalue weighted by molar-refractivity contribution is 0.459. The molecule has 0 spiro atoms. The van der Waals surface area contributed by atoms with Gasteiger partial charge in [-0.15, -0.1) is 0 Å². The summed E-state index contributed by atoms with van der Waals surface area (Å²) < 4.78 is 52.4. The molecule has 3 aromatic rings. The zero-order valence-corrected chi connectivity index (χ0v) is 16.2. The number of halogens is 2. The molecule has 0 aliphatic rings. The van der Waals surface area contributed by atoms with E-state index >= 15 is 0 Å². The zero-order valence-electron chi connectivity index (χ0n) is 15.4. The van der Waals surface area contributed by atoms with Crippen LogP contribution in [0.2, 0.25) is 0 Å². The fourth-order valence-corrected chi connectivity index (χ4v) is 4.07. The Labute approximate surface area is 163 Å². The van der Waals surface area contributed by atoms with Crippen molar-refractivity contribution in [3.05, 3.63) is 77.5 Å². The standard InChI is InChI=1S/C20H21F2N3O2S/c1-25(28(26,27)14-15-4-2-5-18(22)12-15)11-3-6-19-13-20(24-23-19)16-7-9-17(21)10-8-16/h2,4-5,7-10,12-13H,3,6,11,14H2,1H3,(H,23,24). The van der Waals surface area contributed by atoms with E-state index in [-0.39, 0.29) is 11.6 Å². The van der Waals surface area contributed by atoms with E-state index in [1.54, 1.807) is 18.2 Å². The molecule has 0 saturated heterocycles. The van der Waals surface area contributed by atoms with Crippen LogP contribution >= 0.6 is 0 Å². The molecule has 0 radical (unpaired) electrons. The van der Waals surface area contributed by atoms with Crippen molar-refractivity contribution in [2.24, 2.45) is 0 Å². The molecular weight excluding hydrogens is 384 g/mol. The number of H-pyrrole nitrogens is 1. The van der Waals surface area contributed by atoms with Gasteiger partial charge in [0.2, 0.25) is 10.0 Å². The van der Waals surface area contributed by atoms with E-state index < -0.39 is 15.8 Å². The summed E-state index contributed by atoms with van der Waals surface area (Å²) in [6.07, 6.45) is 1.22. The summed E-state index contributed by atoms with van der Waals surface area (Å²) in [6.45, 7) is 0.336. The minimum atomic E-state index is -3.52. The van der Waals surface area contributed by atoms with Crippen LogP contribution < -0.4 is 0 Å². The fourth-order valence-electron chi connectivity index (χ4n) is 2.84. The van der Waals surface area contributed by atoms with Crippen LogP contribution in [0.25, 0.3) is 11.3 Å². The highest BCUT2D eigenvalue weighted by Crippen LogP contribution is 2.19. The van der Waals surface area contributed by atoms with E-state index in [0.29, 0.717) is 30.6 Å². The van der Waals surface area contributed by atoms with Gasteiger partial charge in [0, 0.05) is 24.8 Å². The van der Waals surface area contributed by atoms with Gasteiger partial charge in [-0.25, -0.2) is 21.5 Å². The summed E-state index contributed by atoms with van der Waals surface area (Å²) in [5, 5.41) is 7.14. The summed E-state index contributed by atoms with van der Waals surface area (Å²) in [5.41, 5.74) is 2.81. The quantitative estimate of drug-likeness (QED) is 0.621. The van der Waals surface area contributed by atoms with E-state index in [1.807, 2.05) is 6.07 Å². The lowest BCUT2D eigenvalue weighted by Crippen LogP contribution is -2.29. The van der Waals surface area contributed by atoms with E-state index in [2.05, 4.69) is 10.2 Å². The average Bonchev–Trinajstić information content (AvgIpc) is 3.10. The van der Waals surface area contributed by atoms with Crippen LogP contribution in [0.1, 0.15) is 17.7 Å². The van der Waals surface area contributed by atoms with Gasteiger partial charge in [-0.2, -0.15) is 5.10 Å². The number of aryl methyl sites for hydroxylation is 1. The van der Waals surface area contributed by atoms with Gasteiger partial charge in [-0.3, -0.25) is 5.10 Å². The first kappa shape index (κ1) is 20.2. The molecule has 0 aliphatic carbocycles. The van der Waals surface area contributed by atoms with Crippen LogP contribution in [-0.4, -0.2) is 36.5 Å². The molecule has 0 atom stereocenters. The maximum absolute atomic E-state index is 13.2. The SMILES string of the molecule is CN(CCCc1cc(-c2ccc(F)cc2)n[nH]1)S(=O)(=O)Cc1cccc(F)c1. The number of hydrogen-bond donors (Lipinski definition) is 1. The Morgan fingerprint density at radius 3 is 2.50 bits per heavy atom. The van der Waals surface area contributed by atoms with Gasteiger partial charge >= 0.3 is 0 Å². The first-order valence-corrected chi connectivity index (χ1v) is 10.4. The smallest absolute Gasteiger partial charge is 0.218 e. The number of rotatable bonds is 8. The first-order valence-electron chi connectivity index (χ1n) is 8.82. The van der Waals surface area contributed by atoms with Crippen molar-refractivity contribution < 1.29 is 17.2 Å². The van der Waals surface area contributed by atoms with Crippen LogP contribution in [0.4, 0.5) is 8.78 Å². The Morgan fingerprint density at radius 1 is 1.04 bits per heavy atom. The zero-order chi connectivity index (χ0) is 20.1. The Balaban J connectivity index is 1.53. The van der Waals surface area contributed by atoms with Crippen LogP contribution in [0.3, 0.4) is 0 Å². The molecule has 0 fully saturated rings. The van der Waals surface area contributed by atoms with Crippen molar-refractivity contribution in [2.45, 2.75) is 18.6 Å². The number of hydrogen-bond acceptors (Lipinski definition) is 3. The van der Waals surface area contributed by atoms with Crippen LogP contribution in [0.5, 0.6) is 0 Å². The molecular formula is C20H21F2N3O2S. The minimum Gasteiger partial charge on any atom is -0.282 e. The summed E-state index contributed by atoms with van der Waals surface area (Å²) in [6, 6.07) is 13.5. The van der Waals surface area contributed by atoms with Gasteiger partial charge < -0.3 is 0 Å². The molecule has 1 N–H and O–H groups in total. The third-order valence-corrected chi connectivity index (χ3v) is 6.23. The molecule has 0 aliphatic heterocycles. The number of nitrogens with one attached hydrogen (secondary N) is 1. The minimum absolute atomic E-state index is 0.236. The molecule has 0 amide bonds. The third kappa shape index (κ3) is 5.24. The molecule has 1 heterocycles. The van der Waals surface area contributed by atoms with Gasteiger partial charge in [0.05, 0.1) is 11.4 Å². The topological polar surface area (TPSA) is 66.1 Å². The van der Waals surface area contributed by atoms with Crippen molar-refractivity contribution in [1.82, 2.24) is 14.5 Å². The summed E-state index contributed by atoms with van der Waals surface area (Å²) >= 11 is 0. The van der Waals surface area contributed by atoms with Crippen LogP contribution in [0.15, 0.2) is 54.6 Å². The molecule has 28 heavy (non-hydrogen) atoms. The molecule has 2 aromatic carbocycles. The highest BCUT2D eigenvalue weighted by Gasteiger charge is 2.18. The maximum Gasteiger partial charge on any atom is 0.218 e. The second-order valence-corrected chi connectivity index (χ2v) is 8.67. The van der Waals surface area contributed by atoms with Gasteiger partial charge in [-0.05, 0) is 60.9 Å². The fraction of sp³-hybridized carbons (Fsp3) is 0.250. The molecule has 1 aromatic heterocycles. The Hall–Kier alpha value is -2.58. The number of benzene rings is 2. The highest BCUT2D eigenvalue weighted by molar-refractivity contribution is 7.88. The van der Waals surface area contributed by atoms with E-state index in [9.17, 15) is 17.2 Å². The summed E-state index contributed by atoms with van der Waals surface area (Å²) in [7, 11) is -2.00. The van der Waals surface area contributed by atoms with E-state index in [0.717, 1.165) is 11.3 Å². The summed E-state index contributed by atoms with van der Waals surface area (Å²) in [4.78, 5) is 0. The third-order valence-electron chi connectivity index (χ3n) is 4.40. The van der Waals surface area contributed by atoms with E-state index in [1.165, 1.54) is 41.7 Å². The lowest BCUT2D eigenvalue weighted by atomic mass is 10.1. The number of aromatic amines is 1. The summed E-state index contributed by atoms with van der Waals surface area (Å²) in [5.74, 6) is -0.992. The van der Waals surface area contributed by atoms with Gasteiger partial charge in [0.15, 0.2) is 0 Å². The maximum atomic E-state index is 13.2. The van der Waals surface area contributed by atoms with Gasteiger partial charge in [0.1, 0.15) is 11.6 Å². The van der Waals surface area contributed by atoms with Crippen molar-refractivity contribution in [2.75, 3.05) is 13.6 Å². The highest BCUT2D eigenvalue weighted by atomic mass is 32.2. The predicted molar refractivity (Wildman–Crippen MR) is 104 cm³/mol. The molecule has 3 rings (SSSR count). The number of nitrogens with zero attached hydrogens (tertiary/aromatic N) is 2. The normalized spacial score (nSPS) is 11.9. The molecule has 148 valence electrons. The largest absolute Gasteiger partial charge is 0.282 e. The average molecular weight is 405 g/mol. The number of sulfonamides is 1. The second kappa shape index (κ2) is 8.62. The molecule has 5 nitrogen and oxygen atoms in total. The monoisotopic (exact) mass is 405 g/mol. The second-order valence-electron chi connectivity index (χ2n) is 6.60. The first-order chi connectivity index (χ1) is 13.3. The van der Waals surface area contributed by atoms with Gasteiger partial charge in [-0.1, -0.05) is 12.1 Å². The lowest BCUT2D eigenvalue weighted by Gasteiger charge is -2.17. The van der Waals surface area contributed by atoms with Crippen LogP contribution in [0, 0.1) is 11.6 Å². The number of aromatic nitrogens is 2. The predicted octanol–water partition coefficient (Wildman–Crippen LogP) is 3.75. The van der Waals surface area contributed by atoms with Crippen molar-refractivity contribution >= 4 is 10.0 Å². The molecule has 0 saturated carbocycles. The van der Waals surface area contributed by atoms with Gasteiger partial charge in [0.25, 0.3) is 0 Å². The van der Waals surface area contributed by atoms with Crippen LogP contribution in [-0.2, 0) is 22.2 Å². The molecule has 0 bridgehead atoms. The molecule has 0 unspecified atom stereocenters. The molecule has 8 heteroatoms. The van der Waals surface area contributed by atoms with Crippen molar-refractivity contribution in [1.29, 1.82) is 0 Å². The van der Waals surface area contributed by atoms with Crippen molar-refractivity contribution in [3.63, 3.8) is 0 Å².